The van der Waals surface area contributed by atoms with Gasteiger partial charge in [0.1, 0.15) is 17.8 Å². The number of likely N-dealkylation sites (tertiary alicyclic amines) is 2. The van der Waals surface area contributed by atoms with E-state index in [9.17, 15) is 9.59 Å². The first-order valence-electron chi connectivity index (χ1n) is 11.5. The molecule has 0 N–H and O–H groups in total. The van der Waals surface area contributed by atoms with Gasteiger partial charge >= 0.3 is 0 Å². The number of hydrogen-bond acceptors (Lipinski definition) is 5. The van der Waals surface area contributed by atoms with Crippen molar-refractivity contribution in [2.45, 2.75) is 26.7 Å². The number of aromatic nitrogens is 2. The molecule has 0 saturated carbocycles. The number of para-hydroxylation sites is 1. The molecule has 7 nitrogen and oxygen atoms in total. The lowest BCUT2D eigenvalue weighted by atomic mass is 9.78. The van der Waals surface area contributed by atoms with Crippen molar-refractivity contribution in [3.8, 4) is 5.75 Å². The van der Waals surface area contributed by atoms with Crippen LogP contribution in [0.25, 0.3) is 0 Å². The second-order valence-electron chi connectivity index (χ2n) is 9.17. The van der Waals surface area contributed by atoms with Gasteiger partial charge in [-0.05, 0) is 42.9 Å². The summed E-state index contributed by atoms with van der Waals surface area (Å²) < 4.78 is 6.11. The van der Waals surface area contributed by atoms with Crippen LogP contribution < -0.4 is 4.74 Å². The molecular formula is C25H32N4O3. The lowest BCUT2D eigenvalue weighted by Crippen LogP contribution is -2.43. The molecule has 3 heterocycles. The molecule has 1 aromatic heterocycles. The van der Waals surface area contributed by atoms with Crippen molar-refractivity contribution in [1.82, 2.24) is 19.8 Å². The number of hydrogen-bond donors (Lipinski definition) is 0. The van der Waals surface area contributed by atoms with Gasteiger partial charge in [-0.2, -0.15) is 0 Å². The van der Waals surface area contributed by atoms with E-state index in [0.717, 1.165) is 31.7 Å². The Labute approximate surface area is 189 Å². The molecular weight excluding hydrogens is 404 g/mol. The summed E-state index contributed by atoms with van der Waals surface area (Å²) >= 11 is 0. The van der Waals surface area contributed by atoms with E-state index in [4.69, 9.17) is 4.74 Å². The van der Waals surface area contributed by atoms with Crippen molar-refractivity contribution in [1.29, 1.82) is 0 Å². The SMILES string of the molecule is CC(C)C(=O)N1CCC([C@@H]2CN(C(=O)c3ccncn3)C[C@H]2COc2ccccc2)CC1. The number of ether oxygens (including phenoxy) is 1. The fourth-order valence-corrected chi connectivity index (χ4v) is 4.98. The Balaban J connectivity index is 1.44. The smallest absolute Gasteiger partial charge is 0.272 e. The molecule has 2 atom stereocenters. The zero-order chi connectivity index (χ0) is 22.5. The van der Waals surface area contributed by atoms with Crippen molar-refractivity contribution < 1.29 is 14.3 Å². The lowest BCUT2D eigenvalue weighted by Gasteiger charge is -2.37. The maximum Gasteiger partial charge on any atom is 0.272 e. The van der Waals surface area contributed by atoms with Crippen molar-refractivity contribution >= 4 is 11.8 Å². The molecule has 2 fully saturated rings. The predicted octanol–water partition coefficient (Wildman–Crippen LogP) is 3.14. The highest BCUT2D eigenvalue weighted by atomic mass is 16.5. The molecule has 2 amide bonds. The van der Waals surface area contributed by atoms with E-state index in [1.165, 1.54) is 6.33 Å². The Bertz CT molecular complexity index is 898. The minimum atomic E-state index is -0.0490. The molecule has 4 rings (SSSR count). The summed E-state index contributed by atoms with van der Waals surface area (Å²) in [7, 11) is 0. The van der Waals surface area contributed by atoms with Gasteiger partial charge in [0.15, 0.2) is 0 Å². The highest BCUT2D eigenvalue weighted by Gasteiger charge is 2.41. The van der Waals surface area contributed by atoms with E-state index in [1.807, 2.05) is 54.0 Å². The molecule has 2 aromatic rings. The van der Waals surface area contributed by atoms with E-state index in [2.05, 4.69) is 9.97 Å². The van der Waals surface area contributed by atoms with Crippen LogP contribution in [0.15, 0.2) is 48.9 Å². The Morgan fingerprint density at radius 1 is 1.06 bits per heavy atom. The number of carbonyl (C=O) groups is 2. The number of carbonyl (C=O) groups excluding carboxylic acids is 2. The highest BCUT2D eigenvalue weighted by molar-refractivity contribution is 5.92. The first-order chi connectivity index (χ1) is 15.5. The third kappa shape index (κ3) is 5.09. The molecule has 0 radical (unpaired) electrons. The molecule has 0 aliphatic carbocycles. The average Bonchev–Trinajstić information content (AvgIpc) is 3.27. The van der Waals surface area contributed by atoms with Gasteiger partial charge in [0.05, 0.1) is 6.61 Å². The van der Waals surface area contributed by atoms with Crippen LogP contribution in [-0.4, -0.2) is 64.4 Å². The molecule has 1 aromatic carbocycles. The summed E-state index contributed by atoms with van der Waals surface area (Å²) in [6, 6.07) is 11.5. The number of nitrogens with zero attached hydrogens (tertiary/aromatic N) is 4. The van der Waals surface area contributed by atoms with E-state index in [-0.39, 0.29) is 23.7 Å². The minimum Gasteiger partial charge on any atom is -0.493 e. The van der Waals surface area contributed by atoms with Crippen molar-refractivity contribution in [3.63, 3.8) is 0 Å². The Morgan fingerprint density at radius 2 is 1.81 bits per heavy atom. The van der Waals surface area contributed by atoms with Gasteiger partial charge in [-0.1, -0.05) is 32.0 Å². The molecule has 0 bridgehead atoms. The zero-order valence-electron chi connectivity index (χ0n) is 18.9. The van der Waals surface area contributed by atoms with Crippen molar-refractivity contribution in [2.75, 3.05) is 32.8 Å². The Kier molecular flexibility index (Phi) is 7.02. The first-order valence-corrected chi connectivity index (χ1v) is 11.5. The Morgan fingerprint density at radius 3 is 2.47 bits per heavy atom. The van der Waals surface area contributed by atoms with E-state index >= 15 is 0 Å². The van der Waals surface area contributed by atoms with Gasteiger partial charge in [0, 0.05) is 44.2 Å². The van der Waals surface area contributed by atoms with Crippen molar-refractivity contribution in [3.05, 3.63) is 54.6 Å². The van der Waals surface area contributed by atoms with Crippen LogP contribution in [-0.2, 0) is 4.79 Å². The number of rotatable bonds is 6. The third-order valence-corrected chi connectivity index (χ3v) is 6.74. The maximum absolute atomic E-state index is 13.1. The fourth-order valence-electron chi connectivity index (χ4n) is 4.98. The third-order valence-electron chi connectivity index (χ3n) is 6.74. The van der Waals surface area contributed by atoms with Crippen LogP contribution in [0.5, 0.6) is 5.75 Å². The summed E-state index contributed by atoms with van der Waals surface area (Å²) in [5, 5.41) is 0. The first kappa shape index (κ1) is 22.2. The molecule has 2 saturated heterocycles. The molecule has 0 unspecified atom stereocenters. The second-order valence-corrected chi connectivity index (χ2v) is 9.17. The Hall–Kier alpha value is -2.96. The average molecular weight is 437 g/mol. The van der Waals surface area contributed by atoms with Crippen LogP contribution in [0.3, 0.4) is 0 Å². The summed E-state index contributed by atoms with van der Waals surface area (Å²) in [4.78, 5) is 37.4. The van der Waals surface area contributed by atoms with Crippen LogP contribution in [0.2, 0.25) is 0 Å². The largest absolute Gasteiger partial charge is 0.493 e. The number of piperidine rings is 1. The predicted molar refractivity (Wildman–Crippen MR) is 121 cm³/mol. The zero-order valence-corrected chi connectivity index (χ0v) is 18.9. The van der Waals surface area contributed by atoms with E-state index < -0.39 is 0 Å². The van der Waals surface area contributed by atoms with Crippen LogP contribution in [0.1, 0.15) is 37.2 Å². The maximum atomic E-state index is 13.1. The highest BCUT2D eigenvalue weighted by Crippen LogP contribution is 2.37. The van der Waals surface area contributed by atoms with Crippen LogP contribution in [0.4, 0.5) is 0 Å². The minimum absolute atomic E-state index is 0.0334. The van der Waals surface area contributed by atoms with Gasteiger partial charge in [0.2, 0.25) is 5.91 Å². The summed E-state index contributed by atoms with van der Waals surface area (Å²) in [5.74, 6) is 2.14. The fraction of sp³-hybridized carbons (Fsp3) is 0.520. The number of amides is 2. The lowest BCUT2D eigenvalue weighted by molar-refractivity contribution is -0.136. The monoisotopic (exact) mass is 436 g/mol. The van der Waals surface area contributed by atoms with Gasteiger partial charge in [0.25, 0.3) is 5.91 Å². The molecule has 2 aliphatic heterocycles. The second kappa shape index (κ2) is 10.1. The normalized spacial score (nSPS) is 21.7. The van der Waals surface area contributed by atoms with Crippen LogP contribution in [0, 0.1) is 23.7 Å². The molecule has 32 heavy (non-hydrogen) atoms. The summed E-state index contributed by atoms with van der Waals surface area (Å²) in [6.07, 6.45) is 4.96. The van der Waals surface area contributed by atoms with Gasteiger partial charge in [-0.15, -0.1) is 0 Å². The molecule has 170 valence electrons. The molecule has 2 aliphatic rings. The summed E-state index contributed by atoms with van der Waals surface area (Å²) in [6.45, 7) is 7.44. The number of benzene rings is 1. The summed E-state index contributed by atoms with van der Waals surface area (Å²) in [5.41, 5.74) is 0.431. The van der Waals surface area contributed by atoms with E-state index in [0.29, 0.717) is 37.2 Å². The van der Waals surface area contributed by atoms with Crippen molar-refractivity contribution in [2.24, 2.45) is 23.7 Å². The van der Waals surface area contributed by atoms with Gasteiger partial charge in [-0.3, -0.25) is 9.59 Å². The standard InChI is InChI=1S/C25H32N4O3/c1-18(2)24(30)28-12-9-19(10-13-28)22-15-29(25(31)23-8-11-26-17-27-23)14-20(22)16-32-21-6-4-3-5-7-21/h3-8,11,17-20,22H,9-10,12-16H2,1-2H3/t20-,22-/m0/s1. The van der Waals surface area contributed by atoms with Gasteiger partial charge in [-0.25, -0.2) is 9.97 Å². The molecule has 7 heteroatoms. The van der Waals surface area contributed by atoms with E-state index in [1.54, 1.807) is 12.3 Å². The molecule has 0 spiro atoms. The quantitative estimate of drug-likeness (QED) is 0.695. The van der Waals surface area contributed by atoms with Gasteiger partial charge < -0.3 is 14.5 Å². The topological polar surface area (TPSA) is 75.6 Å². The van der Waals surface area contributed by atoms with Crippen LogP contribution >= 0.6 is 0 Å².